The topological polar surface area (TPSA) is 58.1 Å². The van der Waals surface area contributed by atoms with Gasteiger partial charge in [-0.1, -0.05) is 19.1 Å². The molecular weight excluding hydrogens is 331 g/mol. The summed E-state index contributed by atoms with van der Waals surface area (Å²) in [6, 6.07) is 6.68. The van der Waals surface area contributed by atoms with Gasteiger partial charge in [0.05, 0.1) is 6.54 Å². The number of carbonyl (C=O) groups excluding carboxylic acids is 1. The minimum atomic E-state index is -0.313. The van der Waals surface area contributed by atoms with Crippen LogP contribution in [0.2, 0.25) is 0 Å². The fourth-order valence-corrected chi connectivity index (χ4v) is 3.29. The first-order valence-corrected chi connectivity index (χ1v) is 8.98. The third-order valence-corrected chi connectivity index (χ3v) is 4.88. The summed E-state index contributed by atoms with van der Waals surface area (Å²) in [5.74, 6) is 0.425. The van der Waals surface area contributed by atoms with E-state index in [0.717, 1.165) is 17.5 Å². The maximum atomic E-state index is 13.1. The first-order chi connectivity index (χ1) is 12.3. The Bertz CT molecular complexity index is 804. The van der Waals surface area contributed by atoms with E-state index in [1.165, 1.54) is 18.5 Å². The lowest BCUT2D eigenvalue weighted by Gasteiger charge is -2.28. The van der Waals surface area contributed by atoms with Gasteiger partial charge in [-0.3, -0.25) is 4.79 Å². The van der Waals surface area contributed by atoms with Crippen molar-refractivity contribution in [1.29, 1.82) is 0 Å². The summed E-state index contributed by atoms with van der Waals surface area (Å²) < 4.78 is 13.1. The molecule has 1 aliphatic rings. The molecule has 0 spiro atoms. The quantitative estimate of drug-likeness (QED) is 0.855. The van der Waals surface area contributed by atoms with Crippen molar-refractivity contribution in [2.24, 2.45) is 0 Å². The summed E-state index contributed by atoms with van der Waals surface area (Å²) in [6.07, 6.45) is 3.04. The van der Waals surface area contributed by atoms with Gasteiger partial charge in [0.15, 0.2) is 0 Å². The number of rotatable bonds is 6. The van der Waals surface area contributed by atoms with Gasteiger partial charge < -0.3 is 10.2 Å². The monoisotopic (exact) mass is 356 g/mol. The van der Waals surface area contributed by atoms with Crippen LogP contribution in [-0.2, 0) is 13.0 Å². The number of carbonyl (C=O) groups is 1. The van der Waals surface area contributed by atoms with Crippen LogP contribution in [0.5, 0.6) is 0 Å². The molecule has 138 valence electrons. The van der Waals surface area contributed by atoms with Gasteiger partial charge in [-0.05, 0) is 51.3 Å². The molecule has 1 atom stereocenters. The lowest BCUT2D eigenvalue weighted by atomic mass is 9.94. The number of nitrogens with zero attached hydrogens (tertiary/aromatic N) is 3. The lowest BCUT2D eigenvalue weighted by Crippen LogP contribution is -2.34. The molecule has 0 fully saturated rings. The molecule has 0 radical (unpaired) electrons. The van der Waals surface area contributed by atoms with Gasteiger partial charge in [-0.2, -0.15) is 0 Å². The van der Waals surface area contributed by atoms with E-state index in [4.69, 9.17) is 0 Å². The van der Waals surface area contributed by atoms with Gasteiger partial charge in [0.1, 0.15) is 23.7 Å². The highest BCUT2D eigenvalue weighted by atomic mass is 19.1. The standard InChI is InChI=1S/C20H25FN4O/c1-5-13(2)25-11-16-17(19(25)26)22-12-23-18(16)24-20(3,4)10-14-6-8-15(21)9-7-14/h6-9,12-13H,5,10-11H2,1-4H3,(H,22,23,24). The Balaban J connectivity index is 1.81. The number of benzene rings is 1. The molecule has 0 saturated heterocycles. The van der Waals surface area contributed by atoms with Gasteiger partial charge in [-0.25, -0.2) is 14.4 Å². The average Bonchev–Trinajstić information content (AvgIpc) is 2.94. The molecule has 6 heteroatoms. The highest BCUT2D eigenvalue weighted by molar-refractivity contribution is 5.97. The largest absolute Gasteiger partial charge is 0.364 e. The van der Waals surface area contributed by atoms with Crippen LogP contribution in [0.25, 0.3) is 0 Å². The Morgan fingerprint density at radius 1 is 1.27 bits per heavy atom. The molecule has 1 aromatic heterocycles. The van der Waals surface area contributed by atoms with E-state index in [-0.39, 0.29) is 23.3 Å². The normalized spacial score (nSPS) is 15.1. The molecular formula is C20H25FN4O. The van der Waals surface area contributed by atoms with Crippen molar-refractivity contribution in [1.82, 2.24) is 14.9 Å². The van der Waals surface area contributed by atoms with Crippen LogP contribution in [0.4, 0.5) is 10.2 Å². The molecule has 1 N–H and O–H groups in total. The van der Waals surface area contributed by atoms with Crippen LogP contribution in [0.1, 0.15) is 55.7 Å². The second-order valence-corrected chi connectivity index (χ2v) is 7.55. The van der Waals surface area contributed by atoms with Gasteiger partial charge in [0, 0.05) is 17.1 Å². The van der Waals surface area contributed by atoms with Crippen molar-refractivity contribution >= 4 is 11.7 Å². The minimum Gasteiger partial charge on any atom is -0.364 e. The fraction of sp³-hybridized carbons (Fsp3) is 0.450. The molecule has 0 aliphatic carbocycles. The predicted molar refractivity (Wildman–Crippen MR) is 99.5 cm³/mol. The zero-order valence-electron chi connectivity index (χ0n) is 15.7. The van der Waals surface area contributed by atoms with Crippen LogP contribution >= 0.6 is 0 Å². The Morgan fingerprint density at radius 3 is 2.62 bits per heavy atom. The first kappa shape index (κ1) is 18.3. The number of amides is 1. The molecule has 1 aromatic carbocycles. The zero-order chi connectivity index (χ0) is 18.9. The van der Waals surface area contributed by atoms with Gasteiger partial charge >= 0.3 is 0 Å². The number of hydrogen-bond acceptors (Lipinski definition) is 4. The van der Waals surface area contributed by atoms with Gasteiger partial charge in [0.25, 0.3) is 5.91 Å². The third-order valence-electron chi connectivity index (χ3n) is 4.88. The van der Waals surface area contributed by atoms with Crippen molar-refractivity contribution in [2.75, 3.05) is 5.32 Å². The summed E-state index contributed by atoms with van der Waals surface area (Å²) in [5.41, 5.74) is 2.06. The number of hydrogen-bond donors (Lipinski definition) is 1. The molecule has 1 amide bonds. The summed E-state index contributed by atoms with van der Waals surface area (Å²) in [5, 5.41) is 3.46. The SMILES string of the molecule is CCC(C)N1Cc2c(NC(C)(C)Cc3ccc(F)cc3)ncnc2C1=O. The maximum Gasteiger partial charge on any atom is 0.273 e. The number of halogens is 1. The number of nitrogens with one attached hydrogen (secondary N) is 1. The van der Waals surface area contributed by atoms with E-state index >= 15 is 0 Å². The van der Waals surface area contributed by atoms with Crippen molar-refractivity contribution in [3.63, 3.8) is 0 Å². The number of fused-ring (bicyclic) bond motifs is 1. The van der Waals surface area contributed by atoms with E-state index in [9.17, 15) is 9.18 Å². The highest BCUT2D eigenvalue weighted by Gasteiger charge is 2.34. The highest BCUT2D eigenvalue weighted by Crippen LogP contribution is 2.30. The van der Waals surface area contributed by atoms with Crippen LogP contribution in [0.15, 0.2) is 30.6 Å². The molecule has 0 bridgehead atoms. The number of anilines is 1. The van der Waals surface area contributed by atoms with Crippen LogP contribution in [0, 0.1) is 5.82 Å². The number of aromatic nitrogens is 2. The van der Waals surface area contributed by atoms with Crippen LogP contribution in [-0.4, -0.2) is 32.4 Å². The summed E-state index contributed by atoms with van der Waals surface area (Å²) in [7, 11) is 0. The Hall–Kier alpha value is -2.50. The fourth-order valence-electron chi connectivity index (χ4n) is 3.29. The molecule has 1 unspecified atom stereocenters. The Kier molecular flexibility index (Phi) is 4.94. The Morgan fingerprint density at radius 2 is 1.96 bits per heavy atom. The molecule has 3 rings (SSSR count). The molecule has 26 heavy (non-hydrogen) atoms. The second kappa shape index (κ2) is 7.02. The van der Waals surface area contributed by atoms with Crippen molar-refractivity contribution in [2.45, 2.75) is 58.7 Å². The first-order valence-electron chi connectivity index (χ1n) is 8.98. The van der Waals surface area contributed by atoms with E-state index < -0.39 is 0 Å². The molecule has 0 saturated carbocycles. The minimum absolute atomic E-state index is 0.0314. The van der Waals surface area contributed by atoms with Crippen LogP contribution in [0.3, 0.4) is 0 Å². The molecule has 2 heterocycles. The lowest BCUT2D eigenvalue weighted by molar-refractivity contribution is 0.0709. The Labute approximate surface area is 153 Å². The van der Waals surface area contributed by atoms with Gasteiger partial charge in [-0.15, -0.1) is 0 Å². The van der Waals surface area contributed by atoms with Crippen molar-refractivity contribution in [3.05, 3.63) is 53.2 Å². The molecule has 1 aliphatic heterocycles. The van der Waals surface area contributed by atoms with Crippen molar-refractivity contribution < 1.29 is 9.18 Å². The summed E-state index contributed by atoms with van der Waals surface area (Å²) in [6.45, 7) is 8.77. The molecule has 5 nitrogen and oxygen atoms in total. The van der Waals surface area contributed by atoms with Crippen molar-refractivity contribution in [3.8, 4) is 0 Å². The summed E-state index contributed by atoms with van der Waals surface area (Å²) >= 11 is 0. The van der Waals surface area contributed by atoms with E-state index in [0.29, 0.717) is 24.5 Å². The van der Waals surface area contributed by atoms with E-state index in [2.05, 4.69) is 36.1 Å². The molecule has 2 aromatic rings. The van der Waals surface area contributed by atoms with Gasteiger partial charge in [0.2, 0.25) is 0 Å². The maximum absolute atomic E-state index is 13.1. The van der Waals surface area contributed by atoms with E-state index in [1.807, 2.05) is 11.8 Å². The van der Waals surface area contributed by atoms with E-state index in [1.54, 1.807) is 12.1 Å². The predicted octanol–water partition coefficient (Wildman–Crippen LogP) is 3.80. The smallest absolute Gasteiger partial charge is 0.273 e. The van der Waals surface area contributed by atoms with Crippen LogP contribution < -0.4 is 5.32 Å². The average molecular weight is 356 g/mol. The second-order valence-electron chi connectivity index (χ2n) is 7.55. The summed E-state index contributed by atoms with van der Waals surface area (Å²) in [4.78, 5) is 23.0. The zero-order valence-corrected chi connectivity index (χ0v) is 15.7. The third kappa shape index (κ3) is 3.69.